The van der Waals surface area contributed by atoms with Gasteiger partial charge in [-0.3, -0.25) is 0 Å². The second-order valence-electron chi connectivity index (χ2n) is 5.96. The molecule has 2 fully saturated rings. The number of nitrogens with zero attached hydrogens (tertiary/aromatic N) is 3. The van der Waals surface area contributed by atoms with E-state index in [9.17, 15) is 4.53 Å². The van der Waals surface area contributed by atoms with Crippen molar-refractivity contribution in [2.45, 2.75) is 63.8 Å². The molecule has 2 aliphatic rings. The lowest BCUT2D eigenvalue weighted by molar-refractivity contribution is 0.00400. The Kier molecular flexibility index (Phi) is 11.5. The first kappa shape index (κ1) is 20.9. The third kappa shape index (κ3) is 8.13. The quantitative estimate of drug-likeness (QED) is 0.782. The number of anilines is 1. The van der Waals surface area contributed by atoms with Gasteiger partial charge in [0.05, 0.1) is 0 Å². The van der Waals surface area contributed by atoms with Gasteiger partial charge in [-0.2, -0.15) is 0 Å². The molecular formula is C17H29FN3O2P. The molecule has 7 heteroatoms. The lowest BCUT2D eigenvalue weighted by atomic mass is 9.94. The molecule has 3 rings (SSSR count). The average Bonchev–Trinajstić information content (AvgIpc) is 2.60. The zero-order valence-electron chi connectivity index (χ0n) is 14.5. The number of halogens is 1. The van der Waals surface area contributed by atoms with Crippen LogP contribution >= 0.6 is 9.03 Å². The molecule has 136 valence electrons. The number of rotatable bonds is 4. The maximum atomic E-state index is 9.98. The Hall–Kier alpha value is -1.10. The summed E-state index contributed by atoms with van der Waals surface area (Å²) in [6.07, 6.45) is 16.1. The van der Waals surface area contributed by atoms with Gasteiger partial charge in [-0.15, -0.1) is 4.73 Å². The van der Waals surface area contributed by atoms with Crippen molar-refractivity contribution in [1.29, 1.82) is 0 Å². The molecule has 1 aromatic heterocycles. The molecule has 0 aromatic carbocycles. The fourth-order valence-electron chi connectivity index (χ4n) is 2.56. The highest BCUT2D eigenvalue weighted by molar-refractivity contribution is 7.24. The van der Waals surface area contributed by atoms with Gasteiger partial charge in [-0.05, 0) is 29.5 Å². The van der Waals surface area contributed by atoms with E-state index in [0.29, 0.717) is 11.9 Å². The van der Waals surface area contributed by atoms with Gasteiger partial charge in [0.25, 0.3) is 0 Å². The van der Waals surface area contributed by atoms with E-state index in [-0.39, 0.29) is 0 Å². The fourth-order valence-corrected chi connectivity index (χ4v) is 2.56. The zero-order chi connectivity index (χ0) is 17.6. The van der Waals surface area contributed by atoms with Crippen LogP contribution < -0.4 is 4.90 Å². The number of hydrogen-bond acceptors (Lipinski definition) is 5. The second-order valence-corrected chi connectivity index (χ2v) is 6.30. The Bertz CT molecular complexity index is 449. The van der Waals surface area contributed by atoms with Crippen LogP contribution in [0.3, 0.4) is 0 Å². The van der Waals surface area contributed by atoms with E-state index in [0.717, 1.165) is 5.82 Å². The Balaban J connectivity index is 0.000000297. The van der Waals surface area contributed by atoms with E-state index in [1.165, 1.54) is 57.8 Å². The average molecular weight is 357 g/mol. The molecule has 1 N–H and O–H groups in total. The van der Waals surface area contributed by atoms with E-state index < -0.39 is 9.03 Å². The standard InChI is InChI=1S/C13H19N3.C4H8.FH2O2P/c1-3-12-14-10-9-13(15-12)16(2)11-7-5-4-6-8-11;1-2-4-3-1;1-3-4-2/h3,9-11H,1,4-8H2,2H3;1-4H2;2,4H. The molecule has 0 bridgehead atoms. The van der Waals surface area contributed by atoms with E-state index >= 15 is 0 Å². The van der Waals surface area contributed by atoms with Crippen molar-refractivity contribution in [2.24, 2.45) is 0 Å². The lowest BCUT2D eigenvalue weighted by Gasteiger charge is -2.32. The third-order valence-electron chi connectivity index (χ3n) is 4.36. The molecule has 24 heavy (non-hydrogen) atoms. The highest BCUT2D eigenvalue weighted by atomic mass is 31.1. The van der Waals surface area contributed by atoms with Crippen molar-refractivity contribution >= 4 is 20.9 Å². The van der Waals surface area contributed by atoms with Crippen LogP contribution in [0.1, 0.15) is 63.6 Å². The van der Waals surface area contributed by atoms with E-state index in [1.54, 1.807) is 12.3 Å². The molecule has 0 aliphatic heterocycles. The maximum Gasteiger partial charge on any atom is 0.198 e. The van der Waals surface area contributed by atoms with Gasteiger partial charge >= 0.3 is 0 Å². The van der Waals surface area contributed by atoms with Crippen LogP contribution in [-0.4, -0.2) is 28.0 Å². The zero-order valence-corrected chi connectivity index (χ0v) is 15.5. The summed E-state index contributed by atoms with van der Waals surface area (Å²) in [7, 11) is 1.10. The van der Waals surface area contributed by atoms with Gasteiger partial charge in [0.1, 0.15) is 5.82 Å². The van der Waals surface area contributed by atoms with E-state index in [2.05, 4.69) is 33.2 Å². The molecule has 0 spiro atoms. The van der Waals surface area contributed by atoms with Gasteiger partial charge in [0, 0.05) is 19.3 Å². The van der Waals surface area contributed by atoms with Gasteiger partial charge in [-0.25, -0.2) is 9.97 Å². The van der Waals surface area contributed by atoms with Crippen LogP contribution in [0.5, 0.6) is 0 Å². The first-order chi connectivity index (χ1) is 11.7. The summed E-state index contributed by atoms with van der Waals surface area (Å²) in [5, 5.41) is 0. The second kappa shape index (κ2) is 13.2. The smallest absolute Gasteiger partial charge is 0.198 e. The Morgan fingerprint density at radius 2 is 1.79 bits per heavy atom. The SMILES string of the molecule is C1CCC1.C=Cc1nccc(N(C)C2CCCCC2)n1.OPOF. The van der Waals surface area contributed by atoms with Crippen molar-refractivity contribution in [3.05, 3.63) is 24.7 Å². The monoisotopic (exact) mass is 357 g/mol. The summed E-state index contributed by atoms with van der Waals surface area (Å²) < 4.78 is 12.6. The molecular weight excluding hydrogens is 328 g/mol. The van der Waals surface area contributed by atoms with Crippen molar-refractivity contribution < 1.29 is 14.1 Å². The Labute approximate surface area is 146 Å². The van der Waals surface area contributed by atoms with Crippen LogP contribution in [0.2, 0.25) is 0 Å². The summed E-state index contributed by atoms with van der Waals surface area (Å²) in [4.78, 5) is 18.2. The first-order valence-electron chi connectivity index (χ1n) is 8.58. The van der Waals surface area contributed by atoms with Crippen LogP contribution in [-0.2, 0) is 4.73 Å². The summed E-state index contributed by atoms with van der Waals surface area (Å²) in [5.74, 6) is 1.72. The van der Waals surface area contributed by atoms with Crippen LogP contribution in [0.4, 0.5) is 10.3 Å². The van der Waals surface area contributed by atoms with E-state index in [1.807, 2.05) is 6.07 Å². The van der Waals surface area contributed by atoms with Gasteiger partial charge in [-0.1, -0.05) is 51.5 Å². The third-order valence-corrected chi connectivity index (χ3v) is 4.43. The predicted octanol–water partition coefficient (Wildman–Crippen LogP) is 4.84. The minimum Gasteiger partial charge on any atom is -0.357 e. The molecule has 5 nitrogen and oxygen atoms in total. The van der Waals surface area contributed by atoms with Crippen LogP contribution in [0, 0.1) is 0 Å². The minimum absolute atomic E-state index is 0.640. The molecule has 2 saturated carbocycles. The lowest BCUT2D eigenvalue weighted by Crippen LogP contribution is -2.34. The topological polar surface area (TPSA) is 58.5 Å². The predicted molar refractivity (Wildman–Crippen MR) is 98.6 cm³/mol. The largest absolute Gasteiger partial charge is 0.357 e. The number of aromatic nitrogens is 2. The summed E-state index contributed by atoms with van der Waals surface area (Å²) in [5.41, 5.74) is 0. The molecule has 1 unspecified atom stereocenters. The summed E-state index contributed by atoms with van der Waals surface area (Å²) in [6.45, 7) is 3.70. The molecule has 0 saturated heterocycles. The summed E-state index contributed by atoms with van der Waals surface area (Å²) >= 11 is 0. The molecule has 0 radical (unpaired) electrons. The van der Waals surface area contributed by atoms with E-state index in [4.69, 9.17) is 4.89 Å². The Morgan fingerprint density at radius 1 is 1.25 bits per heavy atom. The summed E-state index contributed by atoms with van der Waals surface area (Å²) in [6, 6.07) is 2.61. The van der Waals surface area contributed by atoms with Gasteiger partial charge < -0.3 is 9.79 Å². The normalized spacial score (nSPS) is 17.1. The highest BCUT2D eigenvalue weighted by Gasteiger charge is 2.19. The van der Waals surface area contributed by atoms with Gasteiger partial charge in [0.2, 0.25) is 0 Å². The molecule has 0 amide bonds. The maximum absolute atomic E-state index is 9.98. The molecule has 1 atom stereocenters. The highest BCUT2D eigenvalue weighted by Crippen LogP contribution is 2.24. The minimum atomic E-state index is -1.03. The van der Waals surface area contributed by atoms with Crippen molar-refractivity contribution in [3.63, 3.8) is 0 Å². The molecule has 2 aliphatic carbocycles. The van der Waals surface area contributed by atoms with Gasteiger partial charge in [0.15, 0.2) is 14.9 Å². The van der Waals surface area contributed by atoms with Crippen LogP contribution in [0.15, 0.2) is 18.8 Å². The fraction of sp³-hybridized carbons (Fsp3) is 0.647. The first-order valence-corrected chi connectivity index (χ1v) is 9.43. The molecule has 1 aromatic rings. The number of hydrogen-bond donors (Lipinski definition) is 1. The van der Waals surface area contributed by atoms with Crippen molar-refractivity contribution in [3.8, 4) is 0 Å². The van der Waals surface area contributed by atoms with Crippen LogP contribution in [0.25, 0.3) is 6.08 Å². The Morgan fingerprint density at radius 3 is 2.25 bits per heavy atom. The van der Waals surface area contributed by atoms with Crippen molar-refractivity contribution in [1.82, 2.24) is 9.97 Å². The molecule has 1 heterocycles. The van der Waals surface area contributed by atoms with Crippen molar-refractivity contribution in [2.75, 3.05) is 11.9 Å².